The Labute approximate surface area is 87.0 Å². The van der Waals surface area contributed by atoms with Crippen molar-refractivity contribution in [3.05, 3.63) is 17.8 Å². The highest BCUT2D eigenvalue weighted by Gasteiger charge is 2.31. The molecule has 1 saturated heterocycles. The minimum Gasteiger partial charge on any atom is -0.382 e. The quantitative estimate of drug-likeness (QED) is 0.710. The summed E-state index contributed by atoms with van der Waals surface area (Å²) < 4.78 is 5.07. The Morgan fingerprint density at radius 1 is 1.53 bits per heavy atom. The number of aromatic nitrogens is 2. The number of carbonyl (C=O) groups is 1. The molecule has 2 rings (SSSR count). The van der Waals surface area contributed by atoms with E-state index in [1.165, 1.54) is 0 Å². The van der Waals surface area contributed by atoms with Crippen LogP contribution >= 0.6 is 0 Å². The molecule has 2 heterocycles. The summed E-state index contributed by atoms with van der Waals surface area (Å²) in [4.78, 5) is 13.4. The lowest BCUT2D eigenvalue weighted by Gasteiger charge is -2.37. The van der Waals surface area contributed by atoms with Gasteiger partial charge in [0.1, 0.15) is 5.82 Å². The standard InChI is InChI=1S/C9H12N4O2/c1-15-6-4-13(5-6)9(14)7-2-3-8(10)12-11-7/h2-3,6H,4-5H2,1H3,(H2,10,12). The first-order chi connectivity index (χ1) is 7.20. The highest BCUT2D eigenvalue weighted by atomic mass is 16.5. The molecule has 0 aliphatic carbocycles. The predicted octanol–water partition coefficient (Wildman–Crippen LogP) is -0.470. The lowest BCUT2D eigenvalue weighted by molar-refractivity contribution is -0.0195. The third-order valence-corrected chi connectivity index (χ3v) is 2.37. The second kappa shape index (κ2) is 3.82. The Kier molecular flexibility index (Phi) is 2.51. The Balaban J connectivity index is 2.00. The molecule has 1 aliphatic rings. The molecule has 15 heavy (non-hydrogen) atoms. The molecule has 0 spiro atoms. The number of hydrogen-bond donors (Lipinski definition) is 1. The van der Waals surface area contributed by atoms with Crippen molar-refractivity contribution in [3.63, 3.8) is 0 Å². The van der Waals surface area contributed by atoms with Gasteiger partial charge in [-0.3, -0.25) is 4.79 Å². The molecule has 0 aromatic carbocycles. The SMILES string of the molecule is COC1CN(C(=O)c2ccc(N)nn2)C1. The number of methoxy groups -OCH3 is 1. The lowest BCUT2D eigenvalue weighted by Crippen LogP contribution is -2.54. The molecule has 6 heteroatoms. The number of rotatable bonds is 2. The molecule has 0 saturated carbocycles. The van der Waals surface area contributed by atoms with Crippen LogP contribution in [-0.2, 0) is 4.74 Å². The maximum atomic E-state index is 11.7. The fourth-order valence-corrected chi connectivity index (χ4v) is 1.37. The first-order valence-electron chi connectivity index (χ1n) is 4.62. The summed E-state index contributed by atoms with van der Waals surface area (Å²) in [5.41, 5.74) is 5.69. The van der Waals surface area contributed by atoms with Crippen LogP contribution < -0.4 is 5.73 Å². The van der Waals surface area contributed by atoms with Crippen LogP contribution in [0.25, 0.3) is 0 Å². The van der Waals surface area contributed by atoms with E-state index in [4.69, 9.17) is 10.5 Å². The molecule has 1 aliphatic heterocycles. The number of nitrogen functional groups attached to an aromatic ring is 1. The van der Waals surface area contributed by atoms with Crippen LogP contribution in [0.3, 0.4) is 0 Å². The molecule has 80 valence electrons. The van der Waals surface area contributed by atoms with E-state index < -0.39 is 0 Å². The zero-order chi connectivity index (χ0) is 10.8. The Bertz CT molecular complexity index is 359. The number of ether oxygens (including phenoxy) is 1. The molecule has 2 N–H and O–H groups in total. The molecule has 0 bridgehead atoms. The van der Waals surface area contributed by atoms with Gasteiger partial charge in [-0.2, -0.15) is 0 Å². The number of amides is 1. The van der Waals surface area contributed by atoms with E-state index >= 15 is 0 Å². The van der Waals surface area contributed by atoms with Crippen molar-refractivity contribution >= 4 is 11.7 Å². The van der Waals surface area contributed by atoms with Crippen LogP contribution in [0.2, 0.25) is 0 Å². The van der Waals surface area contributed by atoms with Gasteiger partial charge in [-0.05, 0) is 12.1 Å². The molecular weight excluding hydrogens is 196 g/mol. The average Bonchev–Trinajstić information content (AvgIpc) is 2.17. The van der Waals surface area contributed by atoms with Crippen molar-refractivity contribution < 1.29 is 9.53 Å². The summed E-state index contributed by atoms with van der Waals surface area (Å²) in [6.45, 7) is 1.22. The molecule has 1 aromatic rings. The molecule has 6 nitrogen and oxygen atoms in total. The van der Waals surface area contributed by atoms with Gasteiger partial charge in [0, 0.05) is 20.2 Å². The van der Waals surface area contributed by atoms with Gasteiger partial charge in [-0.25, -0.2) is 0 Å². The fraction of sp³-hybridized carbons (Fsp3) is 0.444. The molecule has 0 unspecified atom stereocenters. The van der Waals surface area contributed by atoms with E-state index in [2.05, 4.69) is 10.2 Å². The van der Waals surface area contributed by atoms with Crippen molar-refractivity contribution in [3.8, 4) is 0 Å². The van der Waals surface area contributed by atoms with Crippen molar-refractivity contribution in [1.29, 1.82) is 0 Å². The van der Waals surface area contributed by atoms with E-state index in [1.54, 1.807) is 24.1 Å². The Hall–Kier alpha value is -1.69. The van der Waals surface area contributed by atoms with Crippen LogP contribution in [0.15, 0.2) is 12.1 Å². The highest BCUT2D eigenvalue weighted by molar-refractivity contribution is 5.92. The van der Waals surface area contributed by atoms with Crippen LogP contribution in [-0.4, -0.2) is 47.3 Å². The van der Waals surface area contributed by atoms with Crippen LogP contribution in [0.1, 0.15) is 10.5 Å². The van der Waals surface area contributed by atoms with Gasteiger partial charge in [0.15, 0.2) is 5.69 Å². The molecule has 0 radical (unpaired) electrons. The zero-order valence-electron chi connectivity index (χ0n) is 8.38. The minimum atomic E-state index is -0.129. The van der Waals surface area contributed by atoms with Crippen molar-refractivity contribution in [2.75, 3.05) is 25.9 Å². The first-order valence-corrected chi connectivity index (χ1v) is 4.62. The number of hydrogen-bond acceptors (Lipinski definition) is 5. The second-order valence-electron chi connectivity index (χ2n) is 3.41. The molecule has 1 fully saturated rings. The van der Waals surface area contributed by atoms with Gasteiger partial charge in [-0.1, -0.05) is 0 Å². The van der Waals surface area contributed by atoms with Gasteiger partial charge >= 0.3 is 0 Å². The van der Waals surface area contributed by atoms with E-state index in [9.17, 15) is 4.79 Å². The van der Waals surface area contributed by atoms with Crippen LogP contribution in [0.5, 0.6) is 0 Å². The average molecular weight is 208 g/mol. The number of likely N-dealkylation sites (tertiary alicyclic amines) is 1. The predicted molar refractivity (Wildman–Crippen MR) is 53.1 cm³/mol. The minimum absolute atomic E-state index is 0.129. The Morgan fingerprint density at radius 2 is 2.27 bits per heavy atom. The number of nitrogens with two attached hydrogens (primary N) is 1. The maximum Gasteiger partial charge on any atom is 0.274 e. The summed E-state index contributed by atoms with van der Waals surface area (Å²) in [5.74, 6) is 0.181. The van der Waals surface area contributed by atoms with Gasteiger partial charge in [-0.15, -0.1) is 10.2 Å². The van der Waals surface area contributed by atoms with Crippen LogP contribution in [0.4, 0.5) is 5.82 Å². The summed E-state index contributed by atoms with van der Waals surface area (Å²) >= 11 is 0. The molecular formula is C9H12N4O2. The summed E-state index contributed by atoms with van der Waals surface area (Å²) in [5, 5.41) is 7.35. The molecule has 1 aromatic heterocycles. The first kappa shape index (κ1) is 9.85. The maximum absolute atomic E-state index is 11.7. The van der Waals surface area contributed by atoms with Gasteiger partial charge in [0.25, 0.3) is 5.91 Å². The van der Waals surface area contributed by atoms with Crippen molar-refractivity contribution in [1.82, 2.24) is 15.1 Å². The largest absolute Gasteiger partial charge is 0.382 e. The van der Waals surface area contributed by atoms with Crippen LogP contribution in [0, 0.1) is 0 Å². The number of anilines is 1. The van der Waals surface area contributed by atoms with E-state index in [1.807, 2.05) is 0 Å². The number of nitrogens with zero attached hydrogens (tertiary/aromatic N) is 3. The third-order valence-electron chi connectivity index (χ3n) is 2.37. The smallest absolute Gasteiger partial charge is 0.274 e. The van der Waals surface area contributed by atoms with Crippen molar-refractivity contribution in [2.45, 2.75) is 6.10 Å². The van der Waals surface area contributed by atoms with E-state index in [0.717, 1.165) is 0 Å². The van der Waals surface area contributed by atoms with E-state index in [0.29, 0.717) is 24.6 Å². The van der Waals surface area contributed by atoms with Gasteiger partial charge in [0.05, 0.1) is 6.10 Å². The van der Waals surface area contributed by atoms with E-state index in [-0.39, 0.29) is 12.0 Å². The van der Waals surface area contributed by atoms with Gasteiger partial charge < -0.3 is 15.4 Å². The monoisotopic (exact) mass is 208 g/mol. The topological polar surface area (TPSA) is 81.3 Å². The lowest BCUT2D eigenvalue weighted by atomic mass is 10.1. The zero-order valence-corrected chi connectivity index (χ0v) is 8.38. The highest BCUT2D eigenvalue weighted by Crippen LogP contribution is 2.13. The second-order valence-corrected chi connectivity index (χ2v) is 3.41. The number of carbonyl (C=O) groups excluding carboxylic acids is 1. The van der Waals surface area contributed by atoms with Gasteiger partial charge in [0.2, 0.25) is 0 Å². The Morgan fingerprint density at radius 3 is 2.80 bits per heavy atom. The fourth-order valence-electron chi connectivity index (χ4n) is 1.37. The molecule has 1 amide bonds. The summed E-state index contributed by atoms with van der Waals surface area (Å²) in [6.07, 6.45) is 0.149. The summed E-state index contributed by atoms with van der Waals surface area (Å²) in [6, 6.07) is 3.14. The third kappa shape index (κ3) is 1.89. The summed E-state index contributed by atoms with van der Waals surface area (Å²) in [7, 11) is 1.63. The molecule has 0 atom stereocenters. The van der Waals surface area contributed by atoms with Crippen molar-refractivity contribution in [2.24, 2.45) is 0 Å². The normalized spacial score (nSPS) is 16.2.